The molecule has 0 N–H and O–H groups in total. The summed E-state index contributed by atoms with van der Waals surface area (Å²) >= 11 is 4.81. The monoisotopic (exact) mass is 229 g/mol. The molecule has 0 aliphatic heterocycles. The Morgan fingerprint density at radius 2 is 1.80 bits per heavy atom. The summed E-state index contributed by atoms with van der Waals surface area (Å²) in [6.45, 7) is 0. The van der Waals surface area contributed by atoms with E-state index in [1.807, 2.05) is 0 Å². The van der Waals surface area contributed by atoms with Crippen LogP contribution in [0.1, 0.15) is 10.4 Å². The Hall–Kier alpha value is -1.95. The smallest absolute Gasteiger partial charge is 0.377 e. The number of rotatable bonds is 2. The van der Waals surface area contributed by atoms with E-state index < -0.39 is 16.3 Å². The van der Waals surface area contributed by atoms with Crippen LogP contribution in [0.3, 0.4) is 0 Å². The van der Waals surface area contributed by atoms with Crippen molar-refractivity contribution in [2.24, 2.45) is 0 Å². The van der Waals surface area contributed by atoms with E-state index in [1.54, 1.807) is 0 Å². The molecular weight excluding hydrogens is 226 g/mol. The maximum atomic E-state index is 11.0. The summed E-state index contributed by atoms with van der Waals surface area (Å²) in [4.78, 5) is 30.9. The molecule has 0 saturated carbocycles. The van der Waals surface area contributed by atoms with Crippen LogP contribution in [0.15, 0.2) is 24.3 Å². The van der Waals surface area contributed by atoms with Crippen molar-refractivity contribution in [2.45, 2.75) is 0 Å². The topological polar surface area (TPSA) is 86.5 Å². The van der Waals surface area contributed by atoms with Crippen LogP contribution in [0, 0.1) is 10.1 Å². The number of nitro groups is 1. The predicted octanol–water partition coefficient (Wildman–Crippen LogP) is 2.11. The molecule has 0 heterocycles. The molecule has 0 amide bonds. The van der Waals surface area contributed by atoms with E-state index in [1.165, 1.54) is 12.1 Å². The largest absolute Gasteiger partial charge is 0.411 e. The van der Waals surface area contributed by atoms with Crippen LogP contribution >= 0.6 is 11.6 Å². The Labute approximate surface area is 88.6 Å². The van der Waals surface area contributed by atoms with Gasteiger partial charge in [0.25, 0.3) is 5.69 Å². The quantitative estimate of drug-likeness (QED) is 0.255. The van der Waals surface area contributed by atoms with E-state index in [9.17, 15) is 19.7 Å². The molecule has 1 aromatic rings. The number of nitrogens with zero attached hydrogens (tertiary/aromatic N) is 1. The molecular formula is C8H4ClNO5. The second-order valence-electron chi connectivity index (χ2n) is 2.43. The zero-order chi connectivity index (χ0) is 11.4. The number of non-ortho nitro benzene ring substituents is 1. The summed E-state index contributed by atoms with van der Waals surface area (Å²) < 4.78 is 4.05. The summed E-state index contributed by atoms with van der Waals surface area (Å²) in [6.07, 6.45) is 0. The van der Waals surface area contributed by atoms with Gasteiger partial charge in [0, 0.05) is 23.7 Å². The summed E-state index contributed by atoms with van der Waals surface area (Å²) in [5.41, 5.74) is -1.41. The number of esters is 1. The molecule has 0 saturated heterocycles. The van der Waals surface area contributed by atoms with E-state index in [4.69, 9.17) is 11.6 Å². The minimum atomic E-state index is -1.25. The van der Waals surface area contributed by atoms with Gasteiger partial charge in [-0.25, -0.2) is 9.59 Å². The molecule has 0 atom stereocenters. The number of carbonyl (C=O) groups is 2. The third-order valence-corrected chi connectivity index (χ3v) is 1.56. The van der Waals surface area contributed by atoms with Gasteiger partial charge in [0.1, 0.15) is 0 Å². The lowest BCUT2D eigenvalue weighted by atomic mass is 10.2. The Morgan fingerprint density at radius 1 is 1.27 bits per heavy atom. The van der Waals surface area contributed by atoms with Crippen LogP contribution in [0.5, 0.6) is 0 Å². The van der Waals surface area contributed by atoms with Crippen LogP contribution in [-0.4, -0.2) is 16.3 Å². The van der Waals surface area contributed by atoms with E-state index in [2.05, 4.69) is 4.74 Å². The van der Waals surface area contributed by atoms with Crippen molar-refractivity contribution < 1.29 is 19.2 Å². The van der Waals surface area contributed by atoms with Gasteiger partial charge in [0.2, 0.25) is 0 Å². The molecule has 0 radical (unpaired) electrons. The summed E-state index contributed by atoms with van der Waals surface area (Å²) in [5, 5.41) is 10.3. The van der Waals surface area contributed by atoms with Gasteiger partial charge < -0.3 is 4.74 Å². The minimum absolute atomic E-state index is 0.00889. The van der Waals surface area contributed by atoms with Crippen LogP contribution in [0.4, 0.5) is 10.5 Å². The number of ether oxygens (including phenoxy) is 1. The highest BCUT2D eigenvalue weighted by molar-refractivity contribution is 6.62. The van der Waals surface area contributed by atoms with Gasteiger partial charge in [0.05, 0.1) is 10.5 Å². The standard InChI is InChI=1S/C8H4ClNO5/c9-8(12)15-7(11)5-1-3-6(4-2-5)10(13)14/h1-4H. The molecule has 78 valence electrons. The minimum Gasteiger partial charge on any atom is -0.377 e. The van der Waals surface area contributed by atoms with Gasteiger partial charge in [0.15, 0.2) is 0 Å². The summed E-state index contributed by atoms with van der Waals surface area (Å²) in [6, 6.07) is 4.57. The van der Waals surface area contributed by atoms with Crippen LogP contribution in [0.25, 0.3) is 0 Å². The molecule has 0 fully saturated rings. The lowest BCUT2D eigenvalue weighted by molar-refractivity contribution is -0.384. The third-order valence-electron chi connectivity index (χ3n) is 1.49. The van der Waals surface area contributed by atoms with Crippen LogP contribution < -0.4 is 0 Å². The number of benzene rings is 1. The molecule has 0 unspecified atom stereocenters. The van der Waals surface area contributed by atoms with E-state index in [0.717, 1.165) is 12.1 Å². The third kappa shape index (κ3) is 3.03. The fourth-order valence-electron chi connectivity index (χ4n) is 0.851. The molecule has 6 nitrogen and oxygen atoms in total. The van der Waals surface area contributed by atoms with Crippen molar-refractivity contribution in [1.29, 1.82) is 0 Å². The van der Waals surface area contributed by atoms with Gasteiger partial charge in [-0.2, -0.15) is 0 Å². The maximum Gasteiger partial charge on any atom is 0.411 e. The highest BCUT2D eigenvalue weighted by Crippen LogP contribution is 2.12. The Bertz CT molecular complexity index is 414. The normalized spacial score (nSPS) is 9.40. The zero-order valence-electron chi connectivity index (χ0n) is 7.18. The van der Waals surface area contributed by atoms with E-state index in [0.29, 0.717) is 0 Å². The van der Waals surface area contributed by atoms with Gasteiger partial charge in [-0.15, -0.1) is 0 Å². The van der Waals surface area contributed by atoms with Crippen LogP contribution in [0.2, 0.25) is 0 Å². The molecule has 0 aliphatic rings. The van der Waals surface area contributed by atoms with Crippen molar-refractivity contribution in [3.05, 3.63) is 39.9 Å². The van der Waals surface area contributed by atoms with Gasteiger partial charge in [-0.05, 0) is 12.1 Å². The van der Waals surface area contributed by atoms with Gasteiger partial charge in [-0.1, -0.05) is 0 Å². The lowest BCUT2D eigenvalue weighted by Gasteiger charge is -1.97. The lowest BCUT2D eigenvalue weighted by Crippen LogP contribution is -2.06. The molecule has 15 heavy (non-hydrogen) atoms. The van der Waals surface area contributed by atoms with Gasteiger partial charge in [-0.3, -0.25) is 10.1 Å². The second-order valence-corrected chi connectivity index (χ2v) is 2.74. The van der Waals surface area contributed by atoms with Crippen molar-refractivity contribution in [2.75, 3.05) is 0 Å². The van der Waals surface area contributed by atoms with Crippen molar-refractivity contribution in [3.63, 3.8) is 0 Å². The first-order chi connectivity index (χ1) is 7.00. The zero-order valence-corrected chi connectivity index (χ0v) is 7.93. The van der Waals surface area contributed by atoms with E-state index in [-0.39, 0.29) is 11.3 Å². The molecule has 0 spiro atoms. The Balaban J connectivity index is 2.84. The summed E-state index contributed by atoms with van der Waals surface area (Å²) in [5.74, 6) is -0.954. The SMILES string of the molecule is O=C(Cl)OC(=O)c1ccc([N+](=O)[O-])cc1. The number of nitro benzene ring substituents is 1. The molecule has 0 aromatic heterocycles. The average Bonchev–Trinajstić information content (AvgIpc) is 2.17. The fourth-order valence-corrected chi connectivity index (χ4v) is 0.921. The average molecular weight is 230 g/mol. The molecule has 7 heteroatoms. The predicted molar refractivity (Wildman–Crippen MR) is 49.8 cm³/mol. The summed E-state index contributed by atoms with van der Waals surface area (Å²) in [7, 11) is 0. The second kappa shape index (κ2) is 4.52. The highest BCUT2D eigenvalue weighted by Gasteiger charge is 2.12. The van der Waals surface area contributed by atoms with Crippen molar-refractivity contribution in [1.82, 2.24) is 0 Å². The van der Waals surface area contributed by atoms with Crippen molar-refractivity contribution >= 4 is 28.7 Å². The maximum absolute atomic E-state index is 11.0. The van der Waals surface area contributed by atoms with Crippen LogP contribution in [-0.2, 0) is 4.74 Å². The number of hydrogen-bond acceptors (Lipinski definition) is 5. The Kier molecular flexibility index (Phi) is 3.35. The fraction of sp³-hybridized carbons (Fsp3) is 0. The molecule has 1 rings (SSSR count). The number of halogens is 1. The molecule has 0 bridgehead atoms. The first kappa shape index (κ1) is 11.1. The Morgan fingerprint density at radius 3 is 2.20 bits per heavy atom. The highest BCUT2D eigenvalue weighted by atomic mass is 35.5. The first-order valence-corrected chi connectivity index (χ1v) is 4.04. The van der Waals surface area contributed by atoms with Crippen molar-refractivity contribution in [3.8, 4) is 0 Å². The molecule has 1 aromatic carbocycles. The van der Waals surface area contributed by atoms with Gasteiger partial charge >= 0.3 is 11.4 Å². The first-order valence-electron chi connectivity index (χ1n) is 3.67. The number of carbonyl (C=O) groups excluding carboxylic acids is 2. The molecule has 0 aliphatic carbocycles. The van der Waals surface area contributed by atoms with E-state index >= 15 is 0 Å². The number of hydrogen-bond donors (Lipinski definition) is 0.